The largest absolute Gasteiger partial charge is 0.472 e. The van der Waals surface area contributed by atoms with Crippen LogP contribution in [0.25, 0.3) is 0 Å². The molecule has 0 aliphatic heterocycles. The van der Waals surface area contributed by atoms with Crippen molar-refractivity contribution in [3.05, 3.63) is 0 Å². The molecule has 6 N–H and O–H groups in total. The maximum absolute atomic E-state index is 10.8. The lowest BCUT2D eigenvalue weighted by Crippen LogP contribution is -2.34. The Morgan fingerprint density at radius 3 is 1.31 bits per heavy atom. The molecule has 13 heteroatoms. The Kier molecular flexibility index (Phi) is 5.36. The minimum atomic E-state index is -5.20. The Morgan fingerprint density at radius 2 is 1.12 bits per heavy atom. The molecule has 0 radical (unpaired) electrons. The van der Waals surface area contributed by atoms with E-state index in [4.69, 9.17) is 29.8 Å². The van der Waals surface area contributed by atoms with Crippen molar-refractivity contribution in [2.45, 2.75) is 12.6 Å². The van der Waals surface area contributed by atoms with E-state index in [1.165, 1.54) is 0 Å². The Labute approximate surface area is 87.7 Å². The Hall–Kier alpha value is -0.190. The number of phosphoric ester groups is 2. The summed E-state index contributed by atoms with van der Waals surface area (Å²) in [5.41, 5.74) is 0. The van der Waals surface area contributed by atoms with E-state index >= 15 is 0 Å². The van der Waals surface area contributed by atoms with Crippen molar-refractivity contribution in [2.24, 2.45) is 0 Å². The third kappa shape index (κ3) is 7.14. The van der Waals surface area contributed by atoms with Gasteiger partial charge in [-0.1, -0.05) is 0 Å². The highest BCUT2D eigenvalue weighted by Crippen LogP contribution is 2.39. The Balaban J connectivity index is 4.45. The van der Waals surface area contributed by atoms with Gasteiger partial charge in [-0.15, -0.1) is 0 Å². The first-order chi connectivity index (χ1) is 6.92. The van der Waals surface area contributed by atoms with Crippen molar-refractivity contribution in [1.29, 1.82) is 0 Å². The topological polar surface area (TPSA) is 191 Å². The van der Waals surface area contributed by atoms with Crippen molar-refractivity contribution < 1.29 is 52.8 Å². The Bertz CT molecular complexity index is 305. The molecule has 2 unspecified atom stereocenters. The van der Waals surface area contributed by atoms with E-state index < -0.39 is 34.0 Å². The second-order valence-corrected chi connectivity index (χ2v) is 4.68. The molecule has 16 heavy (non-hydrogen) atoms. The summed E-state index contributed by atoms with van der Waals surface area (Å²) in [6.45, 7) is 0. The fourth-order valence-corrected chi connectivity index (χ4v) is 1.21. The number of carbonyl (C=O) groups is 1. The molecule has 0 rings (SSSR count). The van der Waals surface area contributed by atoms with Crippen LogP contribution in [0.3, 0.4) is 0 Å². The molecule has 11 nitrogen and oxygen atoms in total. The van der Waals surface area contributed by atoms with Crippen LogP contribution < -0.4 is 0 Å². The molecule has 0 fully saturated rings. The molecule has 0 bridgehead atoms. The molecule has 0 aromatic rings. The first-order valence-corrected chi connectivity index (χ1v) is 6.36. The van der Waals surface area contributed by atoms with Gasteiger partial charge in [-0.25, -0.2) is 18.2 Å². The number of ketones is 1. The number of hydrogen-bond acceptors (Lipinski definition) is 7. The molecule has 0 aromatic heterocycles. The predicted octanol–water partition coefficient (Wildman–Crippen LogP) is -2.59. The lowest BCUT2D eigenvalue weighted by Gasteiger charge is -2.15. The average molecular weight is 282 g/mol. The van der Waals surface area contributed by atoms with Gasteiger partial charge in [0.05, 0.1) is 0 Å². The highest BCUT2D eigenvalue weighted by Gasteiger charge is 2.34. The van der Waals surface area contributed by atoms with Crippen molar-refractivity contribution >= 4 is 21.4 Å². The molecule has 0 aliphatic carbocycles. The quantitative estimate of drug-likeness (QED) is 0.221. The average Bonchev–Trinajstić information content (AvgIpc) is 1.96. The summed E-state index contributed by atoms with van der Waals surface area (Å²) in [5, 5.41) is 17.3. The molecule has 0 saturated carbocycles. The normalized spacial score (nSPS) is 16.9. The van der Waals surface area contributed by atoms with E-state index in [9.17, 15) is 13.9 Å². The summed E-state index contributed by atoms with van der Waals surface area (Å²) >= 11 is 0. The van der Waals surface area contributed by atoms with E-state index in [2.05, 4.69) is 9.05 Å². The number of phosphoric acid groups is 2. The molecule has 0 amide bonds. The van der Waals surface area contributed by atoms with Crippen molar-refractivity contribution in [1.82, 2.24) is 0 Å². The van der Waals surface area contributed by atoms with E-state index in [0.717, 1.165) is 0 Å². The van der Waals surface area contributed by atoms with E-state index in [-0.39, 0.29) is 0 Å². The standard InChI is InChI=1S/C3H8O11P2/c4-1(2(5)13-15(7,8)9)3(6)14-16(10,11)12/h2-3,5-6H,(H2,7,8,9)(H2,10,11,12). The van der Waals surface area contributed by atoms with Crippen LogP contribution in [0.2, 0.25) is 0 Å². The van der Waals surface area contributed by atoms with Crippen molar-refractivity contribution in [3.63, 3.8) is 0 Å². The van der Waals surface area contributed by atoms with Crippen LogP contribution in [0.1, 0.15) is 0 Å². The van der Waals surface area contributed by atoms with Gasteiger partial charge in [0.1, 0.15) is 0 Å². The number of aliphatic hydroxyl groups excluding tert-OH is 2. The number of hydrogen-bond donors (Lipinski definition) is 6. The summed E-state index contributed by atoms with van der Waals surface area (Å²) in [6, 6.07) is 0. The van der Waals surface area contributed by atoms with E-state index in [1.807, 2.05) is 0 Å². The van der Waals surface area contributed by atoms with Crippen LogP contribution >= 0.6 is 15.6 Å². The molecule has 2 atom stereocenters. The summed E-state index contributed by atoms with van der Waals surface area (Å²) in [5.74, 6) is -1.88. The molecular weight excluding hydrogens is 274 g/mol. The minimum Gasteiger partial charge on any atom is -0.361 e. The molecular formula is C3H8O11P2. The summed E-state index contributed by atoms with van der Waals surface area (Å²) in [4.78, 5) is 43.4. The van der Waals surface area contributed by atoms with E-state index in [0.29, 0.717) is 0 Å². The fourth-order valence-electron chi connectivity index (χ4n) is 0.486. The van der Waals surface area contributed by atoms with Crippen molar-refractivity contribution in [3.8, 4) is 0 Å². The summed E-state index contributed by atoms with van der Waals surface area (Å²) in [6.07, 6.45) is -5.58. The SMILES string of the molecule is O=C(C(O)OP(=O)(O)O)C(O)OP(=O)(O)O. The predicted molar refractivity (Wildman–Crippen MR) is 43.3 cm³/mol. The number of rotatable bonds is 6. The maximum atomic E-state index is 10.8. The van der Waals surface area contributed by atoms with Crippen LogP contribution in [0.15, 0.2) is 0 Å². The van der Waals surface area contributed by atoms with Gasteiger partial charge < -0.3 is 29.8 Å². The van der Waals surface area contributed by atoms with Gasteiger partial charge in [-0.3, -0.25) is 4.79 Å². The van der Waals surface area contributed by atoms with Gasteiger partial charge >= 0.3 is 15.6 Å². The zero-order valence-electron chi connectivity index (χ0n) is 7.27. The molecule has 96 valence electrons. The lowest BCUT2D eigenvalue weighted by molar-refractivity contribution is -0.167. The van der Waals surface area contributed by atoms with Gasteiger partial charge in [0.2, 0.25) is 18.4 Å². The molecule has 0 heterocycles. The second kappa shape index (κ2) is 5.43. The zero-order chi connectivity index (χ0) is 13.1. The van der Waals surface area contributed by atoms with Gasteiger partial charge in [0.25, 0.3) is 0 Å². The van der Waals surface area contributed by atoms with Gasteiger partial charge in [-0.05, 0) is 0 Å². The van der Waals surface area contributed by atoms with Crippen LogP contribution in [-0.4, -0.2) is 48.1 Å². The third-order valence-electron chi connectivity index (χ3n) is 0.961. The zero-order valence-corrected chi connectivity index (χ0v) is 9.06. The molecule has 0 aromatic carbocycles. The van der Waals surface area contributed by atoms with Crippen LogP contribution in [0.4, 0.5) is 0 Å². The van der Waals surface area contributed by atoms with Crippen LogP contribution in [-0.2, 0) is 23.0 Å². The monoisotopic (exact) mass is 282 g/mol. The molecule has 0 spiro atoms. The second-order valence-electron chi connectivity index (χ2n) is 2.30. The number of carbonyl (C=O) groups excluding carboxylic acids is 1. The van der Waals surface area contributed by atoms with Gasteiger partial charge in [0.15, 0.2) is 0 Å². The minimum absolute atomic E-state index is 1.88. The summed E-state index contributed by atoms with van der Waals surface area (Å²) in [7, 11) is -10.4. The first kappa shape index (κ1) is 15.8. The van der Waals surface area contributed by atoms with Crippen LogP contribution in [0, 0.1) is 0 Å². The number of Topliss-reactive ketones (excluding diaryl/α,β-unsaturated/α-hetero) is 1. The molecule has 0 aliphatic rings. The highest BCUT2D eigenvalue weighted by atomic mass is 31.2. The smallest absolute Gasteiger partial charge is 0.361 e. The highest BCUT2D eigenvalue weighted by molar-refractivity contribution is 7.46. The molecule has 0 saturated heterocycles. The van der Waals surface area contributed by atoms with Crippen molar-refractivity contribution in [2.75, 3.05) is 0 Å². The number of aliphatic hydroxyl groups is 2. The van der Waals surface area contributed by atoms with Gasteiger partial charge in [0, 0.05) is 0 Å². The Morgan fingerprint density at radius 1 is 0.875 bits per heavy atom. The maximum Gasteiger partial charge on any atom is 0.472 e. The fraction of sp³-hybridized carbons (Fsp3) is 0.667. The third-order valence-corrected chi connectivity index (χ3v) is 1.91. The first-order valence-electron chi connectivity index (χ1n) is 3.30. The summed E-state index contributed by atoms with van der Waals surface area (Å²) < 4.78 is 27.1. The van der Waals surface area contributed by atoms with E-state index in [1.54, 1.807) is 0 Å². The van der Waals surface area contributed by atoms with Crippen LogP contribution in [0.5, 0.6) is 0 Å². The lowest BCUT2D eigenvalue weighted by atomic mass is 10.4. The van der Waals surface area contributed by atoms with Gasteiger partial charge in [-0.2, -0.15) is 0 Å².